The molecule has 2 N–H and O–H groups in total. The smallest absolute Gasteiger partial charge is 0.230 e. The van der Waals surface area contributed by atoms with Crippen LogP contribution in [0.1, 0.15) is 32.4 Å². The van der Waals surface area contributed by atoms with E-state index in [9.17, 15) is 9.59 Å². The highest BCUT2D eigenvalue weighted by Crippen LogP contribution is 2.25. The second-order valence-corrected chi connectivity index (χ2v) is 7.61. The standard InChI is InChI=1S/C21H26N2O3S/c1-14(2)21(16-5-9-18(26-4)10-6-16)23-20(25)13-27-19-11-7-17(8-12-19)22-15(3)24/h5-12,14,21H,13H2,1-4H3,(H,22,24)(H,23,25). The molecular formula is C21H26N2O3S. The molecule has 6 heteroatoms. The first kappa shape index (κ1) is 20.8. The molecular weight excluding hydrogens is 360 g/mol. The lowest BCUT2D eigenvalue weighted by atomic mass is 9.96. The number of ether oxygens (including phenoxy) is 1. The summed E-state index contributed by atoms with van der Waals surface area (Å²) < 4.78 is 5.19. The quantitative estimate of drug-likeness (QED) is 0.665. The summed E-state index contributed by atoms with van der Waals surface area (Å²) in [7, 11) is 1.64. The molecule has 0 aliphatic carbocycles. The van der Waals surface area contributed by atoms with Crippen LogP contribution >= 0.6 is 11.8 Å². The van der Waals surface area contributed by atoms with Gasteiger partial charge in [-0.05, 0) is 47.9 Å². The summed E-state index contributed by atoms with van der Waals surface area (Å²) in [5.41, 5.74) is 1.81. The SMILES string of the molecule is COc1ccc(C(NC(=O)CSc2ccc(NC(C)=O)cc2)C(C)C)cc1. The van der Waals surface area contributed by atoms with Gasteiger partial charge >= 0.3 is 0 Å². The van der Waals surface area contributed by atoms with Gasteiger partial charge in [0.05, 0.1) is 18.9 Å². The Bertz CT molecular complexity index is 758. The molecule has 0 aromatic heterocycles. The zero-order chi connectivity index (χ0) is 19.8. The van der Waals surface area contributed by atoms with Crippen molar-refractivity contribution in [3.05, 3.63) is 54.1 Å². The summed E-state index contributed by atoms with van der Waals surface area (Å²) in [5.74, 6) is 1.28. The molecule has 0 heterocycles. The molecule has 2 aromatic rings. The van der Waals surface area contributed by atoms with E-state index in [4.69, 9.17) is 4.74 Å². The summed E-state index contributed by atoms with van der Waals surface area (Å²) in [6, 6.07) is 15.2. The average Bonchev–Trinajstić information content (AvgIpc) is 2.65. The molecule has 5 nitrogen and oxygen atoms in total. The van der Waals surface area contributed by atoms with E-state index in [-0.39, 0.29) is 23.8 Å². The van der Waals surface area contributed by atoms with E-state index in [0.29, 0.717) is 5.75 Å². The number of rotatable bonds is 8. The first-order chi connectivity index (χ1) is 12.9. The highest BCUT2D eigenvalue weighted by atomic mass is 32.2. The second-order valence-electron chi connectivity index (χ2n) is 6.56. The van der Waals surface area contributed by atoms with Crippen LogP contribution in [-0.4, -0.2) is 24.7 Å². The van der Waals surface area contributed by atoms with Gasteiger partial charge in [0.2, 0.25) is 11.8 Å². The predicted octanol–water partition coefficient (Wildman–Crippen LogP) is 4.26. The van der Waals surface area contributed by atoms with Crippen LogP contribution in [0.4, 0.5) is 5.69 Å². The van der Waals surface area contributed by atoms with Crippen LogP contribution in [0.2, 0.25) is 0 Å². The summed E-state index contributed by atoms with van der Waals surface area (Å²) in [5, 5.41) is 5.85. The van der Waals surface area contributed by atoms with Crippen LogP contribution in [0.5, 0.6) is 5.75 Å². The number of hydrogen-bond acceptors (Lipinski definition) is 4. The van der Waals surface area contributed by atoms with Crippen LogP contribution < -0.4 is 15.4 Å². The molecule has 1 unspecified atom stereocenters. The number of amides is 2. The Balaban J connectivity index is 1.92. The minimum Gasteiger partial charge on any atom is -0.497 e. The van der Waals surface area contributed by atoms with Gasteiger partial charge in [-0.25, -0.2) is 0 Å². The molecule has 2 rings (SSSR count). The van der Waals surface area contributed by atoms with Gasteiger partial charge < -0.3 is 15.4 Å². The van der Waals surface area contributed by atoms with Gasteiger partial charge in [0.15, 0.2) is 0 Å². The molecule has 0 radical (unpaired) electrons. The normalized spacial score (nSPS) is 11.7. The highest BCUT2D eigenvalue weighted by molar-refractivity contribution is 8.00. The molecule has 0 aliphatic rings. The molecule has 0 spiro atoms. The fraction of sp³-hybridized carbons (Fsp3) is 0.333. The molecule has 0 saturated carbocycles. The molecule has 27 heavy (non-hydrogen) atoms. The molecule has 144 valence electrons. The van der Waals surface area contributed by atoms with Crippen molar-refractivity contribution in [2.75, 3.05) is 18.2 Å². The summed E-state index contributed by atoms with van der Waals surface area (Å²) in [4.78, 5) is 24.5. The fourth-order valence-corrected chi connectivity index (χ4v) is 3.36. The zero-order valence-electron chi connectivity index (χ0n) is 16.1. The lowest BCUT2D eigenvalue weighted by Gasteiger charge is -2.23. The Morgan fingerprint density at radius 2 is 1.67 bits per heavy atom. The van der Waals surface area contributed by atoms with Crippen molar-refractivity contribution >= 4 is 29.3 Å². The Labute approximate surface area is 164 Å². The first-order valence-electron chi connectivity index (χ1n) is 8.83. The molecule has 0 saturated heterocycles. The Morgan fingerprint density at radius 3 is 2.19 bits per heavy atom. The number of benzene rings is 2. The molecule has 0 bridgehead atoms. The average molecular weight is 387 g/mol. The summed E-state index contributed by atoms with van der Waals surface area (Å²) in [6.45, 7) is 5.65. The Morgan fingerprint density at radius 1 is 1.04 bits per heavy atom. The molecule has 2 aromatic carbocycles. The maximum Gasteiger partial charge on any atom is 0.230 e. The lowest BCUT2D eigenvalue weighted by Crippen LogP contribution is -2.32. The largest absolute Gasteiger partial charge is 0.497 e. The lowest BCUT2D eigenvalue weighted by molar-refractivity contribution is -0.119. The number of anilines is 1. The van der Waals surface area contributed by atoms with Crippen LogP contribution in [0.25, 0.3) is 0 Å². The summed E-state index contributed by atoms with van der Waals surface area (Å²) in [6.07, 6.45) is 0. The van der Waals surface area contributed by atoms with Crippen molar-refractivity contribution in [1.29, 1.82) is 0 Å². The van der Waals surface area contributed by atoms with Crippen molar-refractivity contribution in [1.82, 2.24) is 5.32 Å². The maximum absolute atomic E-state index is 12.4. The van der Waals surface area contributed by atoms with E-state index in [2.05, 4.69) is 24.5 Å². The summed E-state index contributed by atoms with van der Waals surface area (Å²) >= 11 is 1.47. The predicted molar refractivity (Wildman–Crippen MR) is 110 cm³/mol. The van der Waals surface area contributed by atoms with Gasteiger partial charge in [-0.15, -0.1) is 11.8 Å². The Kier molecular flexibility index (Phi) is 7.73. The minimum absolute atomic E-state index is 0.0135. The molecule has 2 amide bonds. The highest BCUT2D eigenvalue weighted by Gasteiger charge is 2.18. The van der Waals surface area contributed by atoms with Crippen molar-refractivity contribution < 1.29 is 14.3 Å². The van der Waals surface area contributed by atoms with Crippen molar-refractivity contribution in [2.45, 2.75) is 31.7 Å². The third-order valence-corrected chi connectivity index (χ3v) is 5.01. The topological polar surface area (TPSA) is 67.4 Å². The zero-order valence-corrected chi connectivity index (χ0v) is 16.9. The van der Waals surface area contributed by atoms with Gasteiger partial charge in [-0.2, -0.15) is 0 Å². The number of methoxy groups -OCH3 is 1. The third-order valence-electron chi connectivity index (χ3n) is 4.00. The number of carbonyl (C=O) groups excluding carboxylic acids is 2. The van der Waals surface area contributed by atoms with Crippen molar-refractivity contribution in [3.8, 4) is 5.75 Å². The molecule has 1 atom stereocenters. The van der Waals surface area contributed by atoms with Gasteiger partial charge in [-0.1, -0.05) is 26.0 Å². The minimum atomic E-state index is -0.104. The van der Waals surface area contributed by atoms with Gasteiger partial charge in [0, 0.05) is 17.5 Å². The van der Waals surface area contributed by atoms with E-state index in [0.717, 1.165) is 21.9 Å². The number of carbonyl (C=O) groups is 2. The van der Waals surface area contributed by atoms with Gasteiger partial charge in [-0.3, -0.25) is 9.59 Å². The van der Waals surface area contributed by atoms with Crippen LogP contribution in [0.15, 0.2) is 53.4 Å². The number of hydrogen-bond donors (Lipinski definition) is 2. The maximum atomic E-state index is 12.4. The molecule has 0 fully saturated rings. The van der Waals surface area contributed by atoms with Gasteiger partial charge in [0.1, 0.15) is 5.75 Å². The van der Waals surface area contributed by atoms with Crippen LogP contribution in [0.3, 0.4) is 0 Å². The third kappa shape index (κ3) is 6.64. The van der Waals surface area contributed by atoms with Crippen molar-refractivity contribution in [3.63, 3.8) is 0 Å². The fourth-order valence-electron chi connectivity index (χ4n) is 2.65. The van der Waals surface area contributed by atoms with Crippen molar-refractivity contribution in [2.24, 2.45) is 5.92 Å². The van der Waals surface area contributed by atoms with E-state index in [1.807, 2.05) is 48.5 Å². The van der Waals surface area contributed by atoms with E-state index >= 15 is 0 Å². The van der Waals surface area contributed by atoms with Crippen LogP contribution in [0, 0.1) is 5.92 Å². The van der Waals surface area contributed by atoms with E-state index in [1.165, 1.54) is 18.7 Å². The van der Waals surface area contributed by atoms with Crippen LogP contribution in [-0.2, 0) is 9.59 Å². The Hall–Kier alpha value is -2.47. The van der Waals surface area contributed by atoms with Gasteiger partial charge in [0.25, 0.3) is 0 Å². The second kappa shape index (κ2) is 10.0. The van der Waals surface area contributed by atoms with E-state index in [1.54, 1.807) is 7.11 Å². The monoisotopic (exact) mass is 386 g/mol. The number of thioether (sulfide) groups is 1. The molecule has 0 aliphatic heterocycles. The first-order valence-corrected chi connectivity index (χ1v) is 9.81. The number of nitrogens with one attached hydrogen (secondary N) is 2. The van der Waals surface area contributed by atoms with E-state index < -0.39 is 0 Å².